The van der Waals surface area contributed by atoms with Crippen molar-refractivity contribution in [2.75, 3.05) is 32.1 Å². The second-order valence-corrected chi connectivity index (χ2v) is 10.4. The van der Waals surface area contributed by atoms with E-state index in [1.165, 1.54) is 48.3 Å². The lowest BCUT2D eigenvalue weighted by Crippen LogP contribution is -2.23. The van der Waals surface area contributed by atoms with Crippen molar-refractivity contribution in [1.29, 1.82) is 0 Å². The van der Waals surface area contributed by atoms with Crippen LogP contribution in [0.3, 0.4) is 0 Å². The summed E-state index contributed by atoms with van der Waals surface area (Å²) >= 11 is 0. The van der Waals surface area contributed by atoms with Crippen LogP contribution in [-0.2, 0) is 4.74 Å². The molecule has 1 saturated heterocycles. The van der Waals surface area contributed by atoms with Crippen LogP contribution in [-0.4, -0.2) is 63.6 Å². The van der Waals surface area contributed by atoms with Gasteiger partial charge in [-0.3, -0.25) is 4.90 Å². The Balaban J connectivity index is 1.53. The standard InChI is InChI=1S/C28H39N5O2/c1-19(18-35-3)30-28-29-17-27-25(16-26(33(27)31-28)21-9-11-24(34)12-10-21)23-8-6-7-22(15-23)20(2)32-13-4-5-14-32/h6-8,15-17,19-21,24,34H,4-5,9-14,18H2,1-3H3,(H,30,31)/t19-,20?,21-,24-/m0/s1. The van der Waals surface area contributed by atoms with Gasteiger partial charge in [-0.15, -0.1) is 5.10 Å². The molecule has 2 N–H and O–H groups in total. The van der Waals surface area contributed by atoms with Crippen LogP contribution in [0.15, 0.2) is 36.5 Å². The Morgan fingerprint density at radius 3 is 2.63 bits per heavy atom. The summed E-state index contributed by atoms with van der Waals surface area (Å²) in [6.07, 6.45) is 8.00. The number of fused-ring (bicyclic) bond motifs is 1. The quantitative estimate of drug-likeness (QED) is 0.475. The highest BCUT2D eigenvalue weighted by Crippen LogP contribution is 2.38. The molecule has 1 aromatic carbocycles. The van der Waals surface area contributed by atoms with E-state index >= 15 is 0 Å². The Bertz CT molecular complexity index is 1130. The van der Waals surface area contributed by atoms with E-state index < -0.39 is 0 Å². The van der Waals surface area contributed by atoms with Crippen molar-refractivity contribution in [3.05, 3.63) is 47.8 Å². The van der Waals surface area contributed by atoms with Crippen LogP contribution in [0.25, 0.3) is 16.6 Å². The Morgan fingerprint density at radius 1 is 1.11 bits per heavy atom. The number of benzene rings is 1. The van der Waals surface area contributed by atoms with Crippen LogP contribution in [0.4, 0.5) is 5.95 Å². The summed E-state index contributed by atoms with van der Waals surface area (Å²) in [6, 6.07) is 11.8. The molecule has 0 bridgehead atoms. The smallest absolute Gasteiger partial charge is 0.241 e. The van der Waals surface area contributed by atoms with Gasteiger partial charge >= 0.3 is 0 Å². The third kappa shape index (κ3) is 5.22. The van der Waals surface area contributed by atoms with Crippen molar-refractivity contribution in [3.63, 3.8) is 0 Å². The zero-order chi connectivity index (χ0) is 24.4. The molecule has 7 nitrogen and oxygen atoms in total. The number of aliphatic hydroxyl groups excluding tert-OH is 1. The predicted molar refractivity (Wildman–Crippen MR) is 140 cm³/mol. The van der Waals surface area contributed by atoms with Crippen LogP contribution < -0.4 is 5.32 Å². The molecule has 0 amide bonds. The van der Waals surface area contributed by atoms with Gasteiger partial charge in [0.1, 0.15) is 0 Å². The minimum atomic E-state index is -0.178. The van der Waals surface area contributed by atoms with Gasteiger partial charge in [0.05, 0.1) is 24.4 Å². The summed E-state index contributed by atoms with van der Waals surface area (Å²) in [6.45, 7) is 7.35. The molecule has 3 aromatic rings. The molecule has 1 aliphatic heterocycles. The minimum absolute atomic E-state index is 0.115. The highest BCUT2D eigenvalue weighted by Gasteiger charge is 2.26. The van der Waals surface area contributed by atoms with Crippen molar-refractivity contribution < 1.29 is 9.84 Å². The summed E-state index contributed by atoms with van der Waals surface area (Å²) < 4.78 is 7.36. The van der Waals surface area contributed by atoms with E-state index in [0.717, 1.165) is 31.2 Å². The highest BCUT2D eigenvalue weighted by atomic mass is 16.5. The molecule has 35 heavy (non-hydrogen) atoms. The van der Waals surface area contributed by atoms with Gasteiger partial charge in [-0.2, -0.15) is 0 Å². The average Bonchev–Trinajstić information content (AvgIpc) is 3.53. The first-order chi connectivity index (χ1) is 17.0. The third-order valence-electron chi connectivity index (χ3n) is 7.82. The molecule has 7 heteroatoms. The molecule has 2 aromatic heterocycles. The Morgan fingerprint density at radius 2 is 1.89 bits per heavy atom. The van der Waals surface area contributed by atoms with Crippen LogP contribution in [0.5, 0.6) is 0 Å². The molecule has 2 atom stereocenters. The molecule has 188 valence electrons. The fourth-order valence-electron chi connectivity index (χ4n) is 5.79. The van der Waals surface area contributed by atoms with Crippen molar-refractivity contribution >= 4 is 11.5 Å². The van der Waals surface area contributed by atoms with Crippen LogP contribution in [0.1, 0.15) is 75.6 Å². The Kier molecular flexibility index (Phi) is 7.37. The SMILES string of the molecule is COC[C@H](C)Nc1ncc2c(-c3cccc(C(C)N4CCCC4)c3)cc([C@H]3CC[C@H](O)CC3)n2n1. The first-order valence-electron chi connectivity index (χ1n) is 13.2. The largest absolute Gasteiger partial charge is 0.393 e. The number of anilines is 1. The molecular weight excluding hydrogens is 438 g/mol. The fourth-order valence-corrected chi connectivity index (χ4v) is 5.79. The monoisotopic (exact) mass is 477 g/mol. The molecule has 3 heterocycles. The van der Waals surface area contributed by atoms with Crippen LogP contribution in [0.2, 0.25) is 0 Å². The van der Waals surface area contributed by atoms with Crippen molar-refractivity contribution in [3.8, 4) is 11.1 Å². The topological polar surface area (TPSA) is 74.9 Å². The highest BCUT2D eigenvalue weighted by molar-refractivity contribution is 5.82. The molecule has 0 spiro atoms. The van der Waals surface area contributed by atoms with Crippen LogP contribution >= 0.6 is 0 Å². The maximum atomic E-state index is 10.1. The number of likely N-dealkylation sites (tertiary alicyclic amines) is 1. The lowest BCUT2D eigenvalue weighted by atomic mass is 9.85. The molecule has 2 fully saturated rings. The van der Waals surface area contributed by atoms with Gasteiger partial charge in [0.2, 0.25) is 5.95 Å². The van der Waals surface area contributed by atoms with E-state index in [1.807, 2.05) is 6.20 Å². The maximum absolute atomic E-state index is 10.1. The lowest BCUT2D eigenvalue weighted by Gasteiger charge is -2.25. The minimum Gasteiger partial charge on any atom is -0.393 e. The van der Waals surface area contributed by atoms with Crippen molar-refractivity contribution in [1.82, 2.24) is 19.5 Å². The van der Waals surface area contributed by atoms with Crippen molar-refractivity contribution in [2.45, 2.75) is 76.5 Å². The zero-order valence-electron chi connectivity index (χ0n) is 21.3. The number of ether oxygens (including phenoxy) is 1. The Hall–Kier alpha value is -2.48. The van der Waals surface area contributed by atoms with Crippen molar-refractivity contribution in [2.24, 2.45) is 0 Å². The number of rotatable bonds is 8. The second kappa shape index (κ2) is 10.6. The maximum Gasteiger partial charge on any atom is 0.241 e. The van der Waals surface area contributed by atoms with E-state index in [0.29, 0.717) is 24.5 Å². The summed E-state index contributed by atoms with van der Waals surface area (Å²) in [5.41, 5.74) is 5.99. The van der Waals surface area contributed by atoms with E-state index in [1.54, 1.807) is 7.11 Å². The summed E-state index contributed by atoms with van der Waals surface area (Å²) in [4.78, 5) is 7.24. The second-order valence-electron chi connectivity index (χ2n) is 10.4. The first kappa shape index (κ1) is 24.2. The van der Waals surface area contributed by atoms with Gasteiger partial charge in [0.15, 0.2) is 0 Å². The predicted octanol–water partition coefficient (Wildman–Crippen LogP) is 5.02. The van der Waals surface area contributed by atoms with Crippen LogP contribution in [0, 0.1) is 0 Å². The number of aromatic nitrogens is 3. The summed E-state index contributed by atoms with van der Waals surface area (Å²) in [5, 5.41) is 18.4. The normalized spacial score (nSPS) is 23.0. The zero-order valence-corrected chi connectivity index (χ0v) is 21.3. The number of methoxy groups -OCH3 is 1. The van der Waals surface area contributed by atoms with Gasteiger partial charge in [-0.1, -0.05) is 18.2 Å². The van der Waals surface area contributed by atoms with Gasteiger partial charge in [-0.05, 0) is 88.7 Å². The number of hydrogen-bond donors (Lipinski definition) is 2. The van der Waals surface area contributed by atoms with Gasteiger partial charge in [0, 0.05) is 36.4 Å². The summed E-state index contributed by atoms with van der Waals surface area (Å²) in [5.74, 6) is 0.989. The van der Waals surface area contributed by atoms with E-state index in [2.05, 4.69) is 63.9 Å². The van der Waals surface area contributed by atoms with Gasteiger partial charge < -0.3 is 15.2 Å². The third-order valence-corrected chi connectivity index (χ3v) is 7.82. The van der Waals surface area contributed by atoms with E-state index in [4.69, 9.17) is 9.84 Å². The molecular formula is C28H39N5O2. The molecule has 0 radical (unpaired) electrons. The number of hydrogen-bond acceptors (Lipinski definition) is 6. The van der Waals surface area contributed by atoms with Gasteiger partial charge in [0.25, 0.3) is 0 Å². The molecule has 1 aliphatic carbocycles. The molecule has 1 unspecified atom stereocenters. The average molecular weight is 478 g/mol. The summed E-state index contributed by atoms with van der Waals surface area (Å²) in [7, 11) is 1.70. The van der Waals surface area contributed by atoms with Gasteiger partial charge in [-0.25, -0.2) is 9.50 Å². The molecule has 5 rings (SSSR count). The fraction of sp³-hybridized carbons (Fsp3) is 0.571. The Labute approximate surface area is 208 Å². The number of nitrogens with zero attached hydrogens (tertiary/aromatic N) is 4. The number of aliphatic hydroxyl groups is 1. The van der Waals surface area contributed by atoms with E-state index in [-0.39, 0.29) is 12.1 Å². The van der Waals surface area contributed by atoms with E-state index in [9.17, 15) is 5.11 Å². The molecule has 1 saturated carbocycles. The first-order valence-corrected chi connectivity index (χ1v) is 13.2. The lowest BCUT2D eigenvalue weighted by molar-refractivity contribution is 0.121. The number of nitrogens with one attached hydrogen (secondary N) is 1. The molecule has 2 aliphatic rings.